The maximum absolute atomic E-state index is 12.5. The lowest BCUT2D eigenvalue weighted by Crippen LogP contribution is -2.14. The van der Waals surface area contributed by atoms with E-state index in [2.05, 4.69) is 38.5 Å². The van der Waals surface area contributed by atoms with Crippen molar-refractivity contribution in [2.75, 3.05) is 5.32 Å². The van der Waals surface area contributed by atoms with E-state index < -0.39 is 0 Å². The van der Waals surface area contributed by atoms with Crippen molar-refractivity contribution in [3.05, 3.63) is 70.0 Å². The van der Waals surface area contributed by atoms with Crippen LogP contribution >= 0.6 is 27.7 Å². The standard InChI is InChI=1S/C19H18BrN3OS/c1-12-18(13(2)23(3)22-12)19(24)21-15-6-10-17(11-7-15)25-16-8-4-14(20)5-9-16/h4-11H,1-3H3,(H,21,24). The molecular formula is C19H18BrN3OS. The van der Waals surface area contributed by atoms with Crippen molar-refractivity contribution in [1.29, 1.82) is 0 Å². The summed E-state index contributed by atoms with van der Waals surface area (Å²) < 4.78 is 2.79. The van der Waals surface area contributed by atoms with Gasteiger partial charge in [-0.3, -0.25) is 9.48 Å². The first-order valence-electron chi connectivity index (χ1n) is 7.79. The first kappa shape index (κ1) is 17.8. The van der Waals surface area contributed by atoms with Gasteiger partial charge in [0.25, 0.3) is 5.91 Å². The molecule has 0 saturated carbocycles. The van der Waals surface area contributed by atoms with Gasteiger partial charge < -0.3 is 5.32 Å². The minimum absolute atomic E-state index is 0.128. The number of aromatic nitrogens is 2. The van der Waals surface area contributed by atoms with Gasteiger partial charge in [0, 0.05) is 32.7 Å². The number of benzene rings is 2. The van der Waals surface area contributed by atoms with Crippen molar-refractivity contribution >= 4 is 39.3 Å². The van der Waals surface area contributed by atoms with Crippen LogP contribution < -0.4 is 5.32 Å². The van der Waals surface area contributed by atoms with Crippen LogP contribution in [0.15, 0.2) is 62.8 Å². The Morgan fingerprint density at radius 1 is 1.04 bits per heavy atom. The average molecular weight is 416 g/mol. The second kappa shape index (κ2) is 7.45. The molecule has 3 rings (SSSR count). The second-order valence-electron chi connectivity index (χ2n) is 5.70. The highest BCUT2D eigenvalue weighted by Crippen LogP contribution is 2.29. The molecule has 6 heteroatoms. The van der Waals surface area contributed by atoms with Crippen molar-refractivity contribution in [1.82, 2.24) is 9.78 Å². The molecular weight excluding hydrogens is 398 g/mol. The van der Waals surface area contributed by atoms with Gasteiger partial charge in [-0.25, -0.2) is 0 Å². The Morgan fingerprint density at radius 2 is 1.60 bits per heavy atom. The van der Waals surface area contributed by atoms with Crippen LogP contribution in [0.3, 0.4) is 0 Å². The third-order valence-electron chi connectivity index (χ3n) is 3.90. The summed E-state index contributed by atoms with van der Waals surface area (Å²) in [7, 11) is 1.84. The Balaban J connectivity index is 1.70. The van der Waals surface area contributed by atoms with E-state index in [-0.39, 0.29) is 5.91 Å². The zero-order valence-corrected chi connectivity index (χ0v) is 16.6. The highest BCUT2D eigenvalue weighted by atomic mass is 79.9. The number of carbonyl (C=O) groups excluding carboxylic acids is 1. The van der Waals surface area contributed by atoms with E-state index in [0.717, 1.165) is 26.4 Å². The van der Waals surface area contributed by atoms with Gasteiger partial charge in [0.05, 0.1) is 11.3 Å². The quantitative estimate of drug-likeness (QED) is 0.636. The fourth-order valence-corrected chi connectivity index (χ4v) is 3.62. The zero-order valence-electron chi connectivity index (χ0n) is 14.2. The molecule has 0 saturated heterocycles. The van der Waals surface area contributed by atoms with Crippen LogP contribution in [0.25, 0.3) is 0 Å². The molecule has 0 aliphatic rings. The molecule has 128 valence electrons. The van der Waals surface area contributed by atoms with Crippen LogP contribution in [-0.4, -0.2) is 15.7 Å². The highest BCUT2D eigenvalue weighted by Gasteiger charge is 2.17. The summed E-state index contributed by atoms with van der Waals surface area (Å²) in [6, 6.07) is 16.0. The lowest BCUT2D eigenvalue weighted by atomic mass is 10.2. The van der Waals surface area contributed by atoms with Gasteiger partial charge in [0.1, 0.15) is 0 Å². The predicted octanol–water partition coefficient (Wildman–Crippen LogP) is 5.20. The van der Waals surface area contributed by atoms with Gasteiger partial charge in [-0.15, -0.1) is 0 Å². The van der Waals surface area contributed by atoms with Crippen LogP contribution in [0.2, 0.25) is 0 Å². The molecule has 1 heterocycles. The third kappa shape index (κ3) is 4.14. The lowest BCUT2D eigenvalue weighted by Gasteiger charge is -2.07. The number of nitrogens with zero attached hydrogens (tertiary/aromatic N) is 2. The Morgan fingerprint density at radius 3 is 2.12 bits per heavy atom. The van der Waals surface area contributed by atoms with Crippen molar-refractivity contribution in [2.45, 2.75) is 23.6 Å². The van der Waals surface area contributed by atoms with E-state index in [1.54, 1.807) is 16.4 Å². The number of hydrogen-bond acceptors (Lipinski definition) is 3. The van der Waals surface area contributed by atoms with Crippen LogP contribution in [0.5, 0.6) is 0 Å². The lowest BCUT2D eigenvalue weighted by molar-refractivity contribution is 0.102. The Bertz CT molecular complexity index is 902. The number of anilines is 1. The fourth-order valence-electron chi connectivity index (χ4n) is 2.54. The SMILES string of the molecule is Cc1nn(C)c(C)c1C(=O)Nc1ccc(Sc2ccc(Br)cc2)cc1. The van der Waals surface area contributed by atoms with E-state index >= 15 is 0 Å². The number of rotatable bonds is 4. The van der Waals surface area contributed by atoms with Crippen LogP contribution in [0.1, 0.15) is 21.7 Å². The molecule has 1 N–H and O–H groups in total. The minimum atomic E-state index is -0.128. The highest BCUT2D eigenvalue weighted by molar-refractivity contribution is 9.10. The van der Waals surface area contributed by atoms with Crippen LogP contribution in [0.4, 0.5) is 5.69 Å². The predicted molar refractivity (Wildman–Crippen MR) is 105 cm³/mol. The number of nitrogens with one attached hydrogen (secondary N) is 1. The molecule has 3 aromatic rings. The molecule has 25 heavy (non-hydrogen) atoms. The summed E-state index contributed by atoms with van der Waals surface area (Å²) in [6.07, 6.45) is 0. The molecule has 1 aromatic heterocycles. The first-order valence-corrected chi connectivity index (χ1v) is 9.40. The minimum Gasteiger partial charge on any atom is -0.322 e. The van der Waals surface area contributed by atoms with E-state index in [4.69, 9.17) is 0 Å². The number of halogens is 1. The molecule has 2 aromatic carbocycles. The van der Waals surface area contributed by atoms with Gasteiger partial charge in [0.2, 0.25) is 0 Å². The number of hydrogen-bond donors (Lipinski definition) is 1. The average Bonchev–Trinajstić information content (AvgIpc) is 2.84. The number of carbonyl (C=O) groups is 1. The van der Waals surface area contributed by atoms with Gasteiger partial charge in [0.15, 0.2) is 0 Å². The fraction of sp³-hybridized carbons (Fsp3) is 0.158. The van der Waals surface area contributed by atoms with Crippen LogP contribution in [-0.2, 0) is 7.05 Å². The van der Waals surface area contributed by atoms with Crippen molar-refractivity contribution < 1.29 is 4.79 Å². The summed E-state index contributed by atoms with van der Waals surface area (Å²) in [4.78, 5) is 14.8. The van der Waals surface area contributed by atoms with E-state index in [0.29, 0.717) is 5.56 Å². The Kier molecular flexibility index (Phi) is 5.30. The van der Waals surface area contributed by atoms with Gasteiger partial charge in [-0.1, -0.05) is 27.7 Å². The molecule has 0 atom stereocenters. The third-order valence-corrected chi connectivity index (χ3v) is 5.44. The summed E-state index contributed by atoms with van der Waals surface area (Å²) in [5.41, 5.74) is 3.00. The molecule has 0 radical (unpaired) electrons. The molecule has 0 bridgehead atoms. The van der Waals surface area contributed by atoms with E-state index in [1.807, 2.05) is 57.3 Å². The van der Waals surface area contributed by atoms with E-state index in [9.17, 15) is 4.79 Å². The largest absolute Gasteiger partial charge is 0.322 e. The topological polar surface area (TPSA) is 46.9 Å². The van der Waals surface area contributed by atoms with Crippen molar-refractivity contribution in [2.24, 2.45) is 7.05 Å². The number of amides is 1. The van der Waals surface area contributed by atoms with Gasteiger partial charge in [-0.05, 0) is 62.4 Å². The van der Waals surface area contributed by atoms with Crippen molar-refractivity contribution in [3.63, 3.8) is 0 Å². The summed E-state index contributed by atoms with van der Waals surface area (Å²) in [5.74, 6) is -0.128. The normalized spacial score (nSPS) is 10.7. The van der Waals surface area contributed by atoms with Gasteiger partial charge >= 0.3 is 0 Å². The molecule has 0 aliphatic heterocycles. The molecule has 0 aliphatic carbocycles. The summed E-state index contributed by atoms with van der Waals surface area (Å²) in [5, 5.41) is 7.23. The van der Waals surface area contributed by atoms with Crippen LogP contribution in [0, 0.1) is 13.8 Å². The Labute approximate surface area is 159 Å². The summed E-state index contributed by atoms with van der Waals surface area (Å²) >= 11 is 5.12. The molecule has 0 unspecified atom stereocenters. The molecule has 0 spiro atoms. The van der Waals surface area contributed by atoms with Gasteiger partial charge in [-0.2, -0.15) is 5.10 Å². The smallest absolute Gasteiger partial charge is 0.259 e. The maximum Gasteiger partial charge on any atom is 0.259 e. The maximum atomic E-state index is 12.5. The monoisotopic (exact) mass is 415 g/mol. The number of aryl methyl sites for hydroxylation is 2. The first-order chi connectivity index (χ1) is 11.9. The molecule has 4 nitrogen and oxygen atoms in total. The molecule has 0 fully saturated rings. The zero-order chi connectivity index (χ0) is 18.0. The second-order valence-corrected chi connectivity index (χ2v) is 7.77. The summed E-state index contributed by atoms with van der Waals surface area (Å²) in [6.45, 7) is 3.74. The van der Waals surface area contributed by atoms with Crippen molar-refractivity contribution in [3.8, 4) is 0 Å². The molecule has 1 amide bonds. The van der Waals surface area contributed by atoms with E-state index in [1.165, 1.54) is 4.90 Å². The Hall–Kier alpha value is -2.05.